The minimum Gasteiger partial charge on any atom is -0.414 e. The zero-order chi connectivity index (χ0) is 5.54. The van der Waals surface area contributed by atoms with Gasteiger partial charge in [-0.15, -0.1) is 17.0 Å². The molecule has 2 nitrogen and oxygen atoms in total. The summed E-state index contributed by atoms with van der Waals surface area (Å²) in [6.45, 7) is 5.19. The van der Waals surface area contributed by atoms with E-state index in [0.29, 0.717) is 13.2 Å². The second kappa shape index (κ2) is 10.4. The van der Waals surface area contributed by atoms with Crippen LogP contribution in [0.15, 0.2) is 0 Å². The Kier molecular flexibility index (Phi) is 14.7. The van der Waals surface area contributed by atoms with Crippen molar-refractivity contribution in [1.82, 2.24) is 0 Å². The van der Waals surface area contributed by atoms with Crippen LogP contribution in [-0.2, 0) is 9.31 Å². The lowest BCUT2D eigenvalue weighted by Crippen LogP contribution is -2.02. The zero-order valence-corrected chi connectivity index (χ0v) is 6.93. The number of halogens is 1. The summed E-state index contributed by atoms with van der Waals surface area (Å²) in [7, 11) is 1.36. The number of rotatable bonds is 4. The third kappa shape index (κ3) is 9.69. The van der Waals surface area contributed by atoms with Gasteiger partial charge in [0.15, 0.2) is 0 Å². The van der Waals surface area contributed by atoms with Crippen molar-refractivity contribution >= 4 is 24.7 Å². The van der Waals surface area contributed by atoms with Crippen molar-refractivity contribution in [3.05, 3.63) is 0 Å². The minimum atomic E-state index is 0. The average Bonchev–Trinajstić information content (AvgIpc) is 1.69. The molecule has 8 heavy (non-hydrogen) atoms. The van der Waals surface area contributed by atoms with Crippen LogP contribution < -0.4 is 0 Å². The van der Waals surface area contributed by atoms with Gasteiger partial charge in [-0.3, -0.25) is 0 Å². The molecular weight excluding hydrogens is 171 g/mol. The average molecular weight is 182 g/mol. The molecule has 0 aromatic heterocycles. The monoisotopic (exact) mass is 181 g/mol. The van der Waals surface area contributed by atoms with E-state index in [1.807, 2.05) is 13.8 Å². The molecule has 0 saturated heterocycles. The molecule has 0 rings (SSSR count). The molecule has 0 aliphatic heterocycles. The zero-order valence-electron chi connectivity index (χ0n) is 5.22. The van der Waals surface area contributed by atoms with Gasteiger partial charge in [0.05, 0.1) is 0 Å². The van der Waals surface area contributed by atoms with Crippen LogP contribution in [0.4, 0.5) is 0 Å². The summed E-state index contributed by atoms with van der Waals surface area (Å²) in [4.78, 5) is 0. The van der Waals surface area contributed by atoms with Gasteiger partial charge >= 0.3 is 7.69 Å². The van der Waals surface area contributed by atoms with E-state index in [4.69, 9.17) is 9.31 Å². The van der Waals surface area contributed by atoms with E-state index >= 15 is 0 Å². The molecule has 0 fully saturated rings. The Hall–Kier alpha value is 0.465. The van der Waals surface area contributed by atoms with E-state index in [1.165, 1.54) is 7.69 Å². The maximum atomic E-state index is 4.73. The lowest BCUT2D eigenvalue weighted by molar-refractivity contribution is 0.240. The van der Waals surface area contributed by atoms with Gasteiger partial charge in [0.1, 0.15) is 0 Å². The van der Waals surface area contributed by atoms with Gasteiger partial charge in [-0.1, -0.05) is 0 Å². The highest BCUT2D eigenvalue weighted by Gasteiger charge is 1.85. The van der Waals surface area contributed by atoms with E-state index in [1.54, 1.807) is 0 Å². The third-order valence-corrected chi connectivity index (χ3v) is 0.469. The van der Waals surface area contributed by atoms with Gasteiger partial charge in [-0.05, 0) is 13.8 Å². The molecule has 0 aliphatic rings. The van der Waals surface area contributed by atoms with Gasteiger partial charge in [-0.25, -0.2) is 0 Å². The maximum Gasteiger partial charge on any atom is 0.487 e. The first kappa shape index (κ1) is 11.3. The molecule has 1 radical (unpaired) electrons. The molecule has 0 spiro atoms. The van der Waals surface area contributed by atoms with Crippen molar-refractivity contribution in [2.45, 2.75) is 13.8 Å². The molecular formula is C4H11BBrO2. The molecule has 0 aliphatic carbocycles. The summed E-state index contributed by atoms with van der Waals surface area (Å²) in [5.41, 5.74) is 0. The van der Waals surface area contributed by atoms with Gasteiger partial charge < -0.3 is 9.31 Å². The van der Waals surface area contributed by atoms with Crippen LogP contribution in [0.3, 0.4) is 0 Å². The molecule has 0 N–H and O–H groups in total. The molecule has 0 aromatic rings. The topological polar surface area (TPSA) is 18.5 Å². The van der Waals surface area contributed by atoms with Crippen molar-refractivity contribution in [2.75, 3.05) is 13.2 Å². The summed E-state index contributed by atoms with van der Waals surface area (Å²) < 4.78 is 9.45. The number of hydrogen-bond acceptors (Lipinski definition) is 2. The van der Waals surface area contributed by atoms with E-state index < -0.39 is 0 Å². The van der Waals surface area contributed by atoms with Crippen LogP contribution in [-0.4, -0.2) is 20.9 Å². The first-order valence-corrected chi connectivity index (χ1v) is 2.46. The highest BCUT2D eigenvalue weighted by molar-refractivity contribution is 8.93. The van der Waals surface area contributed by atoms with Gasteiger partial charge in [0, 0.05) is 13.2 Å². The Balaban J connectivity index is 0. The molecule has 49 valence electrons. The van der Waals surface area contributed by atoms with Crippen molar-refractivity contribution in [1.29, 1.82) is 0 Å². The molecule has 0 aromatic carbocycles. The van der Waals surface area contributed by atoms with Crippen LogP contribution in [0.1, 0.15) is 13.8 Å². The molecule has 0 bridgehead atoms. The molecule has 0 unspecified atom stereocenters. The molecule has 0 amide bonds. The van der Waals surface area contributed by atoms with Crippen molar-refractivity contribution < 1.29 is 9.31 Å². The Morgan fingerprint density at radius 3 is 1.75 bits per heavy atom. The Labute approximate surface area is 61.6 Å². The predicted octanol–water partition coefficient (Wildman–Crippen LogP) is 1.17. The van der Waals surface area contributed by atoms with E-state index in [-0.39, 0.29) is 17.0 Å². The molecule has 0 saturated carbocycles. The van der Waals surface area contributed by atoms with Gasteiger partial charge in [-0.2, -0.15) is 0 Å². The normalized spacial score (nSPS) is 7.75. The lowest BCUT2D eigenvalue weighted by Gasteiger charge is -1.93. The fraction of sp³-hybridized carbons (Fsp3) is 1.00. The van der Waals surface area contributed by atoms with Crippen molar-refractivity contribution in [3.63, 3.8) is 0 Å². The van der Waals surface area contributed by atoms with Crippen LogP contribution in [0, 0.1) is 0 Å². The minimum absolute atomic E-state index is 0. The van der Waals surface area contributed by atoms with E-state index in [0.717, 1.165) is 0 Å². The van der Waals surface area contributed by atoms with Crippen LogP contribution in [0.2, 0.25) is 0 Å². The second-order valence-electron chi connectivity index (χ2n) is 1.01. The quantitative estimate of drug-likeness (QED) is 0.479. The standard InChI is InChI=1S/C4H10BO2.BrH/c1-3-6-5-7-4-2;/h3-4H2,1-2H3;1H. The summed E-state index contributed by atoms with van der Waals surface area (Å²) in [5, 5.41) is 0. The van der Waals surface area contributed by atoms with E-state index in [2.05, 4.69) is 0 Å². The van der Waals surface area contributed by atoms with Gasteiger partial charge in [0.25, 0.3) is 0 Å². The smallest absolute Gasteiger partial charge is 0.414 e. The summed E-state index contributed by atoms with van der Waals surface area (Å²) in [5.74, 6) is 0. The second-order valence-corrected chi connectivity index (χ2v) is 1.01. The summed E-state index contributed by atoms with van der Waals surface area (Å²) >= 11 is 0. The molecule has 4 heteroatoms. The van der Waals surface area contributed by atoms with E-state index in [9.17, 15) is 0 Å². The molecule has 0 atom stereocenters. The fourth-order valence-electron chi connectivity index (χ4n) is 0.184. The first-order valence-electron chi connectivity index (χ1n) is 2.46. The maximum absolute atomic E-state index is 4.73. The van der Waals surface area contributed by atoms with Crippen LogP contribution in [0.5, 0.6) is 0 Å². The fourth-order valence-corrected chi connectivity index (χ4v) is 0.184. The van der Waals surface area contributed by atoms with Crippen LogP contribution >= 0.6 is 17.0 Å². The van der Waals surface area contributed by atoms with Gasteiger partial charge in [0.2, 0.25) is 0 Å². The number of hydrogen-bond donors (Lipinski definition) is 0. The predicted molar refractivity (Wildman–Crippen MR) is 39.3 cm³/mol. The SMILES string of the molecule is Br.CCO[B]OCC. The largest absolute Gasteiger partial charge is 0.487 e. The lowest BCUT2D eigenvalue weighted by atomic mass is 10.4. The van der Waals surface area contributed by atoms with Crippen molar-refractivity contribution in [2.24, 2.45) is 0 Å². The Bertz CT molecular complexity index is 33.2. The molecule has 0 heterocycles. The highest BCUT2D eigenvalue weighted by Crippen LogP contribution is 1.70. The third-order valence-electron chi connectivity index (χ3n) is 0.469. The highest BCUT2D eigenvalue weighted by atomic mass is 79.9. The van der Waals surface area contributed by atoms with Crippen molar-refractivity contribution in [3.8, 4) is 0 Å². The Morgan fingerprint density at radius 1 is 1.12 bits per heavy atom. The Morgan fingerprint density at radius 2 is 1.50 bits per heavy atom. The van der Waals surface area contributed by atoms with Crippen LogP contribution in [0.25, 0.3) is 0 Å². The summed E-state index contributed by atoms with van der Waals surface area (Å²) in [6, 6.07) is 0. The summed E-state index contributed by atoms with van der Waals surface area (Å²) in [6.07, 6.45) is 0. The first-order chi connectivity index (χ1) is 3.41.